The number of carboxylic acids is 1. The molecule has 1 aromatic heterocycles. The SMILES string of the molecule is CCO/N=C(\Cn1cc(CC(=O)O)c2ccccc21)c1cccc(OS(=O)(=O)c2ccc(C)cc2)c1. The summed E-state index contributed by atoms with van der Waals surface area (Å²) < 4.78 is 32.8. The van der Waals surface area contributed by atoms with Crippen LogP contribution in [-0.4, -0.2) is 36.4 Å². The minimum atomic E-state index is -4.02. The zero-order chi connectivity index (χ0) is 25.7. The summed E-state index contributed by atoms with van der Waals surface area (Å²) in [5.41, 5.74) is 3.62. The molecule has 36 heavy (non-hydrogen) atoms. The summed E-state index contributed by atoms with van der Waals surface area (Å²) in [4.78, 5) is 16.8. The van der Waals surface area contributed by atoms with Crippen LogP contribution < -0.4 is 4.18 Å². The van der Waals surface area contributed by atoms with Crippen LogP contribution in [0.2, 0.25) is 0 Å². The Bertz CT molecular complexity index is 1520. The summed E-state index contributed by atoms with van der Waals surface area (Å²) in [7, 11) is -4.02. The highest BCUT2D eigenvalue weighted by atomic mass is 32.2. The predicted octanol–water partition coefficient (Wildman–Crippen LogP) is 4.79. The molecule has 0 bridgehead atoms. The Morgan fingerprint density at radius 1 is 1.03 bits per heavy atom. The summed E-state index contributed by atoms with van der Waals surface area (Å²) in [5, 5.41) is 14.4. The van der Waals surface area contributed by atoms with Gasteiger partial charge in [0.05, 0.1) is 13.0 Å². The van der Waals surface area contributed by atoms with E-state index >= 15 is 0 Å². The van der Waals surface area contributed by atoms with E-state index in [-0.39, 0.29) is 23.6 Å². The molecule has 0 saturated carbocycles. The molecule has 0 aliphatic heterocycles. The first-order valence-electron chi connectivity index (χ1n) is 11.4. The van der Waals surface area contributed by atoms with Crippen molar-refractivity contribution < 1.29 is 27.3 Å². The van der Waals surface area contributed by atoms with E-state index in [2.05, 4.69) is 5.16 Å². The number of rotatable bonds is 10. The van der Waals surface area contributed by atoms with Crippen molar-refractivity contribution in [3.63, 3.8) is 0 Å². The van der Waals surface area contributed by atoms with E-state index < -0.39 is 16.1 Å². The fourth-order valence-corrected chi connectivity index (χ4v) is 4.76. The molecule has 3 aromatic carbocycles. The van der Waals surface area contributed by atoms with Crippen LogP contribution in [0.4, 0.5) is 0 Å². The summed E-state index contributed by atoms with van der Waals surface area (Å²) in [6.07, 6.45) is 1.69. The van der Waals surface area contributed by atoms with Crippen molar-refractivity contribution in [2.24, 2.45) is 5.16 Å². The predicted molar refractivity (Wildman–Crippen MR) is 137 cm³/mol. The third-order valence-corrected chi connectivity index (χ3v) is 6.78. The first kappa shape index (κ1) is 25.0. The van der Waals surface area contributed by atoms with Crippen molar-refractivity contribution >= 4 is 32.7 Å². The summed E-state index contributed by atoms with van der Waals surface area (Å²) in [6, 6.07) is 20.6. The van der Waals surface area contributed by atoms with E-state index in [1.807, 2.05) is 42.7 Å². The van der Waals surface area contributed by atoms with Crippen LogP contribution in [0.3, 0.4) is 0 Å². The number of fused-ring (bicyclic) bond motifs is 1. The highest BCUT2D eigenvalue weighted by molar-refractivity contribution is 7.87. The van der Waals surface area contributed by atoms with E-state index in [0.717, 1.165) is 16.5 Å². The van der Waals surface area contributed by atoms with Gasteiger partial charge >= 0.3 is 16.1 Å². The Hall–Kier alpha value is -4.11. The van der Waals surface area contributed by atoms with Gasteiger partial charge < -0.3 is 18.7 Å². The van der Waals surface area contributed by atoms with Gasteiger partial charge in [-0.05, 0) is 49.7 Å². The van der Waals surface area contributed by atoms with Crippen molar-refractivity contribution in [3.05, 3.63) is 95.7 Å². The molecule has 0 fully saturated rings. The standard InChI is InChI=1S/C27H26N2O6S/c1-3-34-28-25(18-29-17-21(16-27(30)31)24-9-4-5-10-26(24)29)20-7-6-8-22(15-20)35-36(32,33)23-13-11-19(2)12-14-23/h4-15,17H,3,16,18H2,1-2H3,(H,30,31)/b28-25+. The second-order valence-corrected chi connectivity index (χ2v) is 9.75. The van der Waals surface area contributed by atoms with Crippen molar-refractivity contribution in [1.82, 2.24) is 4.57 Å². The maximum atomic E-state index is 12.8. The van der Waals surface area contributed by atoms with Crippen LogP contribution in [0, 0.1) is 6.92 Å². The number of aliphatic carboxylic acids is 1. The van der Waals surface area contributed by atoms with E-state index in [1.54, 1.807) is 42.6 Å². The van der Waals surface area contributed by atoms with Crippen molar-refractivity contribution in [2.75, 3.05) is 6.61 Å². The van der Waals surface area contributed by atoms with Crippen LogP contribution in [-0.2, 0) is 32.7 Å². The van der Waals surface area contributed by atoms with Crippen molar-refractivity contribution in [2.45, 2.75) is 31.7 Å². The average molecular weight is 507 g/mol. The summed E-state index contributed by atoms with van der Waals surface area (Å²) in [6.45, 7) is 4.30. The lowest BCUT2D eigenvalue weighted by atomic mass is 10.1. The number of nitrogens with zero attached hydrogens (tertiary/aromatic N) is 2. The third kappa shape index (κ3) is 5.75. The zero-order valence-corrected chi connectivity index (χ0v) is 20.7. The van der Waals surface area contributed by atoms with Gasteiger partial charge in [-0.3, -0.25) is 4.79 Å². The highest BCUT2D eigenvalue weighted by Gasteiger charge is 2.18. The Balaban J connectivity index is 1.67. The highest BCUT2D eigenvalue weighted by Crippen LogP contribution is 2.24. The van der Waals surface area contributed by atoms with E-state index in [0.29, 0.717) is 23.4 Å². The van der Waals surface area contributed by atoms with Gasteiger partial charge in [-0.2, -0.15) is 8.42 Å². The minimum Gasteiger partial charge on any atom is -0.481 e. The Kier molecular flexibility index (Phi) is 7.40. The van der Waals surface area contributed by atoms with Gasteiger partial charge in [0.25, 0.3) is 0 Å². The molecule has 1 heterocycles. The summed E-state index contributed by atoms with van der Waals surface area (Å²) >= 11 is 0. The molecule has 0 atom stereocenters. The van der Waals surface area contributed by atoms with Crippen molar-refractivity contribution in [3.8, 4) is 5.75 Å². The second-order valence-electron chi connectivity index (χ2n) is 8.20. The molecule has 8 nitrogen and oxygen atoms in total. The second kappa shape index (κ2) is 10.7. The number of oxime groups is 1. The lowest BCUT2D eigenvalue weighted by Gasteiger charge is -2.12. The molecular weight excluding hydrogens is 480 g/mol. The van der Waals surface area contributed by atoms with Gasteiger partial charge in [-0.1, -0.05) is 53.2 Å². The minimum absolute atomic E-state index is 0.0616. The van der Waals surface area contributed by atoms with E-state index in [4.69, 9.17) is 9.02 Å². The molecular formula is C27H26N2O6S. The number of aromatic nitrogens is 1. The van der Waals surface area contributed by atoms with Gasteiger partial charge in [0.1, 0.15) is 23.0 Å². The number of para-hydroxylation sites is 1. The monoisotopic (exact) mass is 506 g/mol. The van der Waals surface area contributed by atoms with Crippen molar-refractivity contribution in [1.29, 1.82) is 0 Å². The molecule has 0 aliphatic rings. The Morgan fingerprint density at radius 2 is 1.78 bits per heavy atom. The smallest absolute Gasteiger partial charge is 0.339 e. The number of benzene rings is 3. The van der Waals surface area contributed by atoms with Crippen LogP contribution in [0.5, 0.6) is 5.75 Å². The number of aryl methyl sites for hydroxylation is 1. The number of hydrogen-bond acceptors (Lipinski definition) is 6. The molecule has 0 radical (unpaired) electrons. The van der Waals surface area contributed by atoms with E-state index in [1.165, 1.54) is 12.1 Å². The third-order valence-electron chi connectivity index (χ3n) is 5.52. The average Bonchev–Trinajstić information content (AvgIpc) is 3.18. The normalized spacial score (nSPS) is 12.0. The lowest BCUT2D eigenvalue weighted by Crippen LogP contribution is -2.13. The molecule has 0 spiro atoms. The molecule has 4 rings (SSSR count). The summed E-state index contributed by atoms with van der Waals surface area (Å²) in [5.74, 6) is -0.776. The molecule has 1 N–H and O–H groups in total. The quantitative estimate of drug-likeness (QED) is 0.188. The fourth-order valence-electron chi connectivity index (χ4n) is 3.84. The largest absolute Gasteiger partial charge is 0.481 e. The van der Waals surface area contributed by atoms with Gasteiger partial charge in [-0.25, -0.2) is 0 Å². The fraction of sp³-hybridized carbons (Fsp3) is 0.185. The molecule has 186 valence electrons. The van der Waals surface area contributed by atoms with Crippen LogP contribution in [0.25, 0.3) is 10.9 Å². The molecule has 0 amide bonds. The molecule has 0 saturated heterocycles. The van der Waals surface area contributed by atoms with Gasteiger partial charge in [0.2, 0.25) is 0 Å². The maximum Gasteiger partial charge on any atom is 0.339 e. The Morgan fingerprint density at radius 3 is 2.50 bits per heavy atom. The number of carboxylic acid groups (broad SMARTS) is 1. The van der Waals surface area contributed by atoms with Gasteiger partial charge in [0, 0.05) is 22.7 Å². The first-order chi connectivity index (χ1) is 17.3. The van der Waals surface area contributed by atoms with Crippen LogP contribution in [0.15, 0.2) is 89.0 Å². The molecule has 0 unspecified atom stereocenters. The maximum absolute atomic E-state index is 12.8. The van der Waals surface area contributed by atoms with E-state index in [9.17, 15) is 18.3 Å². The topological polar surface area (TPSA) is 107 Å². The number of carbonyl (C=O) groups is 1. The van der Waals surface area contributed by atoms with Gasteiger partial charge in [-0.15, -0.1) is 0 Å². The zero-order valence-electron chi connectivity index (χ0n) is 19.9. The molecule has 0 aliphatic carbocycles. The first-order valence-corrected chi connectivity index (χ1v) is 12.8. The lowest BCUT2D eigenvalue weighted by molar-refractivity contribution is -0.136. The number of hydrogen-bond donors (Lipinski definition) is 1. The Labute approximate surface area is 209 Å². The molecule has 9 heteroatoms. The van der Waals surface area contributed by atoms with Crippen LogP contribution >= 0.6 is 0 Å². The van der Waals surface area contributed by atoms with Gasteiger partial charge in [0.15, 0.2) is 0 Å². The van der Waals surface area contributed by atoms with Crippen LogP contribution in [0.1, 0.15) is 23.6 Å². The molecule has 4 aromatic rings.